The molecule has 1 saturated heterocycles. The number of nitrogens with zero attached hydrogens (tertiary/aromatic N) is 5. The molecule has 3 aromatic rings. The third-order valence-corrected chi connectivity index (χ3v) is 4.58. The van der Waals surface area contributed by atoms with E-state index >= 15 is 0 Å². The standard InChI is InChI=1S/C14H19NO2.C6H7N5.C2H7N.CH2N2/c1-12-5-7-13(8-6-12)11-17-14(16)15-9-3-2-4-10-15;1-7-5-4-2-10-11-6(4)9-3-8-5;1-2-3;2-1-3/h5-8H,2-4,9-11H2,1H3;2-3H,1H3,(H2,7,8,9,10,11);2-3H2,1H3;2H2. The van der Waals surface area contributed by atoms with Crippen molar-refractivity contribution in [3.63, 3.8) is 0 Å². The number of aromatic nitrogens is 4. The van der Waals surface area contributed by atoms with E-state index in [1.165, 1.54) is 24.5 Å². The number of fused-ring (bicyclic) bond motifs is 1. The van der Waals surface area contributed by atoms with Crippen LogP contribution in [0.5, 0.6) is 0 Å². The second-order valence-electron chi connectivity index (χ2n) is 7.23. The fraction of sp³-hybridized carbons (Fsp3) is 0.435. The van der Waals surface area contributed by atoms with Gasteiger partial charge in [-0.05, 0) is 38.3 Å². The molecule has 0 radical (unpaired) electrons. The van der Waals surface area contributed by atoms with E-state index in [-0.39, 0.29) is 6.09 Å². The number of aryl methyl sites for hydroxylation is 1. The summed E-state index contributed by atoms with van der Waals surface area (Å²) in [5, 5.41) is 17.5. The summed E-state index contributed by atoms with van der Waals surface area (Å²) >= 11 is 0. The third-order valence-electron chi connectivity index (χ3n) is 4.58. The molecule has 4 rings (SSSR count). The smallest absolute Gasteiger partial charge is 0.410 e. The van der Waals surface area contributed by atoms with Crippen LogP contribution < -0.4 is 16.8 Å². The van der Waals surface area contributed by atoms with E-state index < -0.39 is 0 Å². The molecule has 1 aliphatic rings. The molecule has 1 aliphatic heterocycles. The van der Waals surface area contributed by atoms with E-state index in [2.05, 4.69) is 31.2 Å². The van der Waals surface area contributed by atoms with Crippen LogP contribution in [0.15, 0.2) is 36.8 Å². The molecule has 34 heavy (non-hydrogen) atoms. The Morgan fingerprint density at radius 1 is 1.24 bits per heavy atom. The minimum atomic E-state index is -0.176. The number of amides is 1. The molecular formula is C23H35N9O2. The first-order chi connectivity index (χ1) is 16.5. The summed E-state index contributed by atoms with van der Waals surface area (Å²) in [6, 6.07) is 8.06. The second kappa shape index (κ2) is 16.7. The number of piperidine rings is 1. The van der Waals surface area contributed by atoms with Gasteiger partial charge < -0.3 is 26.4 Å². The van der Waals surface area contributed by atoms with E-state index in [4.69, 9.17) is 15.7 Å². The minimum absolute atomic E-state index is 0.176. The fourth-order valence-corrected chi connectivity index (χ4v) is 2.96. The number of anilines is 1. The van der Waals surface area contributed by atoms with Gasteiger partial charge in [-0.3, -0.25) is 5.10 Å². The van der Waals surface area contributed by atoms with E-state index in [9.17, 15) is 4.79 Å². The van der Waals surface area contributed by atoms with Crippen molar-refractivity contribution in [2.75, 3.05) is 32.0 Å². The molecule has 0 aliphatic carbocycles. The van der Waals surface area contributed by atoms with Crippen molar-refractivity contribution >= 4 is 22.9 Å². The Morgan fingerprint density at radius 3 is 2.44 bits per heavy atom. The number of rotatable bonds is 3. The Balaban J connectivity index is 0.000000291. The van der Waals surface area contributed by atoms with Gasteiger partial charge in [0.05, 0.1) is 11.6 Å². The molecule has 0 saturated carbocycles. The molecule has 0 spiro atoms. The quantitative estimate of drug-likeness (QED) is 0.332. The molecule has 6 N–H and O–H groups in total. The highest BCUT2D eigenvalue weighted by molar-refractivity contribution is 5.85. The highest BCUT2D eigenvalue weighted by Crippen LogP contribution is 2.14. The first-order valence-electron chi connectivity index (χ1n) is 11.1. The van der Waals surface area contributed by atoms with Gasteiger partial charge in [-0.15, -0.1) is 0 Å². The number of ether oxygens (including phenoxy) is 1. The SMILES string of the molecule is CCN.CNc1ncnc2[nH]ncc12.Cc1ccc(COC(=O)N2CCCCC2)cc1.N#CN. The van der Waals surface area contributed by atoms with E-state index in [0.717, 1.165) is 54.9 Å². The minimum Gasteiger partial charge on any atom is -0.445 e. The van der Waals surface area contributed by atoms with Crippen molar-refractivity contribution in [3.05, 3.63) is 47.9 Å². The summed E-state index contributed by atoms with van der Waals surface area (Å²) < 4.78 is 5.29. The molecule has 1 amide bonds. The van der Waals surface area contributed by atoms with E-state index in [1.807, 2.05) is 45.2 Å². The highest BCUT2D eigenvalue weighted by atomic mass is 16.6. The molecule has 2 aromatic heterocycles. The number of benzene rings is 1. The fourth-order valence-electron chi connectivity index (χ4n) is 2.96. The van der Waals surface area contributed by atoms with Crippen LogP contribution in [-0.4, -0.2) is 57.8 Å². The number of hydrogen-bond donors (Lipinski definition) is 4. The normalized spacial score (nSPS) is 11.9. The maximum absolute atomic E-state index is 11.7. The molecule has 1 fully saturated rings. The number of likely N-dealkylation sites (tertiary alicyclic amines) is 1. The number of carbonyl (C=O) groups excluding carboxylic acids is 1. The lowest BCUT2D eigenvalue weighted by Crippen LogP contribution is -2.35. The lowest BCUT2D eigenvalue weighted by molar-refractivity contribution is 0.0894. The number of aromatic amines is 1. The highest BCUT2D eigenvalue weighted by Gasteiger charge is 2.17. The average Bonchev–Trinajstić information content (AvgIpc) is 3.35. The largest absolute Gasteiger partial charge is 0.445 e. The van der Waals surface area contributed by atoms with Crippen LogP contribution in [0.3, 0.4) is 0 Å². The van der Waals surface area contributed by atoms with Gasteiger partial charge in [0.1, 0.15) is 18.8 Å². The summed E-state index contributed by atoms with van der Waals surface area (Å²) in [5.41, 5.74) is 12.0. The van der Waals surface area contributed by atoms with Gasteiger partial charge in [0.15, 0.2) is 11.8 Å². The predicted octanol–water partition coefficient (Wildman–Crippen LogP) is 2.90. The molecule has 184 valence electrons. The van der Waals surface area contributed by atoms with Crippen LogP contribution in [-0.2, 0) is 11.3 Å². The molecule has 1 aromatic carbocycles. The van der Waals surface area contributed by atoms with Gasteiger partial charge in [0.25, 0.3) is 0 Å². The molecule has 0 bridgehead atoms. The Kier molecular flexibility index (Phi) is 13.8. The maximum Gasteiger partial charge on any atom is 0.410 e. The van der Waals surface area contributed by atoms with Crippen LogP contribution in [0, 0.1) is 18.4 Å². The van der Waals surface area contributed by atoms with Gasteiger partial charge in [0, 0.05) is 20.1 Å². The van der Waals surface area contributed by atoms with Crippen LogP contribution in [0.2, 0.25) is 0 Å². The zero-order valence-corrected chi connectivity index (χ0v) is 20.1. The molecular weight excluding hydrogens is 434 g/mol. The number of hydrogen-bond acceptors (Lipinski definition) is 9. The summed E-state index contributed by atoms with van der Waals surface area (Å²) in [5.74, 6) is 0.795. The molecule has 0 unspecified atom stereocenters. The topological polar surface area (TPSA) is 172 Å². The van der Waals surface area contributed by atoms with Crippen LogP contribution in [0.25, 0.3) is 11.0 Å². The number of nitrogens with one attached hydrogen (secondary N) is 2. The average molecular weight is 470 g/mol. The van der Waals surface area contributed by atoms with Crippen molar-refractivity contribution < 1.29 is 9.53 Å². The van der Waals surface area contributed by atoms with E-state index in [0.29, 0.717) is 6.61 Å². The van der Waals surface area contributed by atoms with Crippen LogP contribution >= 0.6 is 0 Å². The number of H-pyrrole nitrogens is 1. The van der Waals surface area contributed by atoms with Crippen molar-refractivity contribution in [1.29, 1.82) is 5.26 Å². The summed E-state index contributed by atoms with van der Waals surface area (Å²) in [6.45, 7) is 6.75. The van der Waals surface area contributed by atoms with Gasteiger partial charge >= 0.3 is 6.09 Å². The van der Waals surface area contributed by atoms with Gasteiger partial charge in [-0.25, -0.2) is 14.8 Å². The number of nitrogens with two attached hydrogens (primary N) is 2. The summed E-state index contributed by atoms with van der Waals surface area (Å²) in [7, 11) is 1.81. The zero-order valence-electron chi connectivity index (χ0n) is 20.1. The van der Waals surface area contributed by atoms with Gasteiger partial charge in [0.2, 0.25) is 0 Å². The predicted molar refractivity (Wildman–Crippen MR) is 133 cm³/mol. The maximum atomic E-state index is 11.7. The van der Waals surface area contributed by atoms with Crippen molar-refractivity contribution in [2.24, 2.45) is 11.5 Å². The van der Waals surface area contributed by atoms with Crippen molar-refractivity contribution in [2.45, 2.75) is 39.7 Å². The monoisotopic (exact) mass is 469 g/mol. The lowest BCUT2D eigenvalue weighted by Gasteiger charge is -2.25. The first-order valence-corrected chi connectivity index (χ1v) is 11.1. The van der Waals surface area contributed by atoms with Crippen molar-refractivity contribution in [1.82, 2.24) is 25.1 Å². The lowest BCUT2D eigenvalue weighted by atomic mass is 10.1. The van der Waals surface area contributed by atoms with Crippen LogP contribution in [0.4, 0.5) is 10.6 Å². The molecule has 3 heterocycles. The van der Waals surface area contributed by atoms with Crippen molar-refractivity contribution in [3.8, 4) is 6.19 Å². The zero-order chi connectivity index (χ0) is 25.2. The Bertz CT molecular complexity index is 994. The third kappa shape index (κ3) is 10.1. The van der Waals surface area contributed by atoms with Gasteiger partial charge in [-0.1, -0.05) is 36.8 Å². The Hall–Kier alpha value is -3.91. The molecule has 11 nitrogen and oxygen atoms in total. The Labute approximate surface area is 200 Å². The Morgan fingerprint density at radius 2 is 1.85 bits per heavy atom. The summed E-state index contributed by atoms with van der Waals surface area (Å²) in [6.07, 6.45) is 7.68. The molecule has 11 heteroatoms. The summed E-state index contributed by atoms with van der Waals surface area (Å²) in [4.78, 5) is 21.5. The number of nitriles is 1. The first kappa shape index (κ1) is 28.1. The number of carbonyl (C=O) groups is 1. The van der Waals surface area contributed by atoms with Gasteiger partial charge in [-0.2, -0.15) is 10.4 Å². The van der Waals surface area contributed by atoms with Crippen LogP contribution in [0.1, 0.15) is 37.3 Å². The van der Waals surface area contributed by atoms with E-state index in [1.54, 1.807) is 11.1 Å². The second-order valence-corrected chi connectivity index (χ2v) is 7.23. The molecule has 0 atom stereocenters.